The molecule has 0 atom stereocenters. The largest absolute Gasteiger partial charge is 0.497 e. The first-order valence-electron chi connectivity index (χ1n) is 8.68. The molecule has 2 aromatic carbocycles. The smallest absolute Gasteiger partial charge is 0.242 e. The van der Waals surface area contributed by atoms with Gasteiger partial charge in [-0.25, -0.2) is 0 Å². The summed E-state index contributed by atoms with van der Waals surface area (Å²) in [5.41, 5.74) is 1.94. The maximum atomic E-state index is 12.8. The first-order chi connectivity index (χ1) is 13.5. The predicted molar refractivity (Wildman–Crippen MR) is 114 cm³/mol. The number of aromatic nitrogens is 3. The average Bonchev–Trinajstić information content (AvgIpc) is 3.08. The standard InChI is InChI=1S/C20H22N4O2S2/c1-23(12-14-4-10-17(28-3)11-5-14)18(25)13-24-19(21-22-20(24)27)15-6-8-16(26-2)9-7-15/h4-11H,12-13H2,1-3H3,(H,22,27). The van der Waals surface area contributed by atoms with E-state index in [0.29, 0.717) is 17.1 Å². The number of rotatable bonds is 7. The molecule has 0 unspecified atom stereocenters. The molecule has 146 valence electrons. The van der Waals surface area contributed by atoms with Gasteiger partial charge in [0.1, 0.15) is 12.3 Å². The Morgan fingerprint density at radius 1 is 1.21 bits per heavy atom. The lowest BCUT2D eigenvalue weighted by Crippen LogP contribution is -2.30. The predicted octanol–water partition coefficient (Wildman–Crippen LogP) is 4.00. The number of amides is 1. The molecule has 1 amide bonds. The number of likely N-dealkylation sites (N-methyl/N-ethyl adjacent to an activating group) is 1. The second kappa shape index (κ2) is 9.07. The van der Waals surface area contributed by atoms with Gasteiger partial charge >= 0.3 is 0 Å². The molecule has 0 bridgehead atoms. The highest BCUT2D eigenvalue weighted by Gasteiger charge is 2.15. The van der Waals surface area contributed by atoms with E-state index in [1.165, 1.54) is 4.90 Å². The fourth-order valence-electron chi connectivity index (χ4n) is 2.77. The first-order valence-corrected chi connectivity index (χ1v) is 10.3. The minimum atomic E-state index is -0.0406. The van der Waals surface area contributed by atoms with Gasteiger partial charge in [-0.3, -0.25) is 14.5 Å². The number of aromatic amines is 1. The summed E-state index contributed by atoms with van der Waals surface area (Å²) in [6, 6.07) is 15.7. The minimum Gasteiger partial charge on any atom is -0.497 e. The Morgan fingerprint density at radius 3 is 2.50 bits per heavy atom. The highest BCUT2D eigenvalue weighted by Crippen LogP contribution is 2.21. The number of carbonyl (C=O) groups is 1. The van der Waals surface area contributed by atoms with Gasteiger partial charge in [0.2, 0.25) is 5.91 Å². The van der Waals surface area contributed by atoms with Crippen LogP contribution in [0.3, 0.4) is 0 Å². The number of hydrogen-bond donors (Lipinski definition) is 1. The number of nitrogens with one attached hydrogen (secondary N) is 1. The molecule has 0 aliphatic rings. The number of hydrogen-bond acceptors (Lipinski definition) is 5. The average molecular weight is 415 g/mol. The maximum Gasteiger partial charge on any atom is 0.242 e. The van der Waals surface area contributed by atoms with Crippen LogP contribution in [0.15, 0.2) is 53.4 Å². The van der Waals surface area contributed by atoms with Gasteiger partial charge in [-0.15, -0.1) is 11.8 Å². The molecule has 0 radical (unpaired) electrons. The molecule has 0 saturated carbocycles. The lowest BCUT2D eigenvalue weighted by Gasteiger charge is -2.18. The number of benzene rings is 2. The number of methoxy groups -OCH3 is 1. The van der Waals surface area contributed by atoms with Gasteiger partial charge in [0.05, 0.1) is 7.11 Å². The van der Waals surface area contributed by atoms with Crippen molar-refractivity contribution in [3.63, 3.8) is 0 Å². The third kappa shape index (κ3) is 4.63. The van der Waals surface area contributed by atoms with Crippen LogP contribution in [0.4, 0.5) is 0 Å². The summed E-state index contributed by atoms with van der Waals surface area (Å²) in [5.74, 6) is 1.34. The lowest BCUT2D eigenvalue weighted by molar-refractivity contribution is -0.131. The molecule has 0 fully saturated rings. The first kappa shape index (κ1) is 20.2. The number of ether oxygens (including phenoxy) is 1. The molecule has 1 aromatic heterocycles. The second-order valence-electron chi connectivity index (χ2n) is 6.26. The van der Waals surface area contributed by atoms with E-state index >= 15 is 0 Å². The Morgan fingerprint density at radius 2 is 1.89 bits per heavy atom. The third-order valence-electron chi connectivity index (χ3n) is 4.40. The van der Waals surface area contributed by atoms with Crippen molar-refractivity contribution < 1.29 is 9.53 Å². The molecule has 3 aromatic rings. The fraction of sp³-hybridized carbons (Fsp3) is 0.250. The summed E-state index contributed by atoms with van der Waals surface area (Å²) in [6.07, 6.45) is 2.04. The Kier molecular flexibility index (Phi) is 6.53. The third-order valence-corrected chi connectivity index (χ3v) is 5.46. The molecular formula is C20H22N4O2S2. The number of H-pyrrole nitrogens is 1. The molecule has 0 aliphatic heterocycles. The zero-order valence-electron chi connectivity index (χ0n) is 16.0. The summed E-state index contributed by atoms with van der Waals surface area (Å²) in [6.45, 7) is 0.659. The molecular weight excluding hydrogens is 392 g/mol. The van der Waals surface area contributed by atoms with E-state index in [1.54, 1.807) is 35.4 Å². The minimum absolute atomic E-state index is 0.0406. The molecule has 0 saturated heterocycles. The van der Waals surface area contributed by atoms with Crippen molar-refractivity contribution in [1.29, 1.82) is 0 Å². The van der Waals surface area contributed by atoms with Gasteiger partial charge in [-0.1, -0.05) is 12.1 Å². The summed E-state index contributed by atoms with van der Waals surface area (Å²) in [4.78, 5) is 15.7. The lowest BCUT2D eigenvalue weighted by atomic mass is 10.2. The number of thioether (sulfide) groups is 1. The van der Waals surface area contributed by atoms with Crippen molar-refractivity contribution >= 4 is 29.9 Å². The SMILES string of the molecule is COc1ccc(-c2n[nH]c(=S)n2CC(=O)N(C)Cc2ccc(SC)cc2)cc1. The molecule has 0 aliphatic carbocycles. The normalized spacial score (nSPS) is 10.7. The van der Waals surface area contributed by atoms with Crippen molar-refractivity contribution in [2.45, 2.75) is 18.0 Å². The van der Waals surface area contributed by atoms with Crippen LogP contribution in [-0.2, 0) is 17.9 Å². The Labute approximate surface area is 173 Å². The highest BCUT2D eigenvalue weighted by molar-refractivity contribution is 7.98. The van der Waals surface area contributed by atoms with Crippen molar-refractivity contribution in [3.05, 3.63) is 58.9 Å². The highest BCUT2D eigenvalue weighted by atomic mass is 32.2. The van der Waals surface area contributed by atoms with E-state index < -0.39 is 0 Å². The van der Waals surface area contributed by atoms with Crippen LogP contribution >= 0.6 is 24.0 Å². The van der Waals surface area contributed by atoms with Crippen LogP contribution in [0.2, 0.25) is 0 Å². The molecule has 6 nitrogen and oxygen atoms in total. The van der Waals surface area contributed by atoms with Crippen LogP contribution in [0.5, 0.6) is 5.75 Å². The zero-order chi connectivity index (χ0) is 20.1. The molecule has 1 heterocycles. The van der Waals surface area contributed by atoms with Crippen LogP contribution in [-0.4, -0.2) is 46.0 Å². The molecule has 8 heteroatoms. The van der Waals surface area contributed by atoms with Crippen molar-refractivity contribution in [2.75, 3.05) is 20.4 Å². The molecule has 1 N–H and O–H groups in total. The van der Waals surface area contributed by atoms with Gasteiger partial charge < -0.3 is 9.64 Å². The second-order valence-corrected chi connectivity index (χ2v) is 7.53. The van der Waals surface area contributed by atoms with E-state index in [0.717, 1.165) is 16.9 Å². The van der Waals surface area contributed by atoms with Gasteiger partial charge in [0.15, 0.2) is 10.6 Å². The fourth-order valence-corrected chi connectivity index (χ4v) is 3.38. The Bertz CT molecular complexity index is 994. The molecule has 0 spiro atoms. The number of nitrogens with zero attached hydrogens (tertiary/aromatic N) is 3. The van der Waals surface area contributed by atoms with E-state index in [9.17, 15) is 4.79 Å². The topological polar surface area (TPSA) is 63.1 Å². The van der Waals surface area contributed by atoms with Crippen molar-refractivity contribution in [1.82, 2.24) is 19.7 Å². The van der Waals surface area contributed by atoms with E-state index in [2.05, 4.69) is 22.3 Å². The van der Waals surface area contributed by atoms with E-state index in [-0.39, 0.29) is 12.5 Å². The van der Waals surface area contributed by atoms with Gasteiger partial charge in [0.25, 0.3) is 0 Å². The van der Waals surface area contributed by atoms with E-state index in [4.69, 9.17) is 17.0 Å². The van der Waals surface area contributed by atoms with Crippen LogP contribution < -0.4 is 4.74 Å². The van der Waals surface area contributed by atoms with Crippen molar-refractivity contribution in [3.8, 4) is 17.1 Å². The van der Waals surface area contributed by atoms with E-state index in [1.807, 2.05) is 42.7 Å². The van der Waals surface area contributed by atoms with Gasteiger partial charge in [-0.2, -0.15) is 5.10 Å². The van der Waals surface area contributed by atoms with Crippen molar-refractivity contribution in [2.24, 2.45) is 0 Å². The quantitative estimate of drug-likeness (QED) is 0.468. The number of carbonyl (C=O) groups excluding carboxylic acids is 1. The Hall–Kier alpha value is -2.58. The molecule has 3 rings (SSSR count). The Balaban J connectivity index is 1.74. The summed E-state index contributed by atoms with van der Waals surface area (Å²) in [7, 11) is 3.41. The molecule has 28 heavy (non-hydrogen) atoms. The zero-order valence-corrected chi connectivity index (χ0v) is 17.6. The summed E-state index contributed by atoms with van der Waals surface area (Å²) < 4.78 is 7.32. The van der Waals surface area contributed by atoms with Crippen LogP contribution in [0.1, 0.15) is 5.56 Å². The maximum absolute atomic E-state index is 12.8. The van der Waals surface area contributed by atoms with Crippen LogP contribution in [0, 0.1) is 4.77 Å². The monoisotopic (exact) mass is 414 g/mol. The summed E-state index contributed by atoms with van der Waals surface area (Å²) in [5, 5.41) is 7.07. The van der Waals surface area contributed by atoms with Gasteiger partial charge in [0, 0.05) is 24.1 Å². The van der Waals surface area contributed by atoms with Gasteiger partial charge in [-0.05, 0) is 60.4 Å². The van der Waals surface area contributed by atoms with Crippen LogP contribution in [0.25, 0.3) is 11.4 Å². The summed E-state index contributed by atoms with van der Waals surface area (Å²) >= 11 is 7.03.